The highest BCUT2D eigenvalue weighted by Gasteiger charge is 2.22. The van der Waals surface area contributed by atoms with Crippen molar-refractivity contribution < 1.29 is 19.1 Å². The summed E-state index contributed by atoms with van der Waals surface area (Å²) in [6.45, 7) is 1.56. The average Bonchev–Trinajstić information content (AvgIpc) is 2.82. The van der Waals surface area contributed by atoms with E-state index in [1.54, 1.807) is 26.2 Å². The SMILES string of the molecule is COc1cccc(/C=C/C(=O)O[C@H](C)C(=O)NC(c2ccccc2)c2ccccc2)c1. The number of nitrogens with one attached hydrogen (secondary N) is 1. The second-order valence-electron chi connectivity index (χ2n) is 6.95. The second-order valence-corrected chi connectivity index (χ2v) is 6.95. The standard InChI is InChI=1S/C26H25NO4/c1-19(31-24(28)17-16-20-10-9-15-23(18-20)30-2)26(29)27-25(21-11-5-3-6-12-21)22-13-7-4-8-14-22/h3-19,25H,1-2H3,(H,27,29)/b17-16+/t19-/m1/s1. The molecule has 5 nitrogen and oxygen atoms in total. The van der Waals surface area contributed by atoms with E-state index in [1.165, 1.54) is 6.08 Å². The van der Waals surface area contributed by atoms with Crippen LogP contribution < -0.4 is 10.1 Å². The topological polar surface area (TPSA) is 64.6 Å². The van der Waals surface area contributed by atoms with Gasteiger partial charge in [-0.25, -0.2) is 4.79 Å². The van der Waals surface area contributed by atoms with E-state index in [2.05, 4.69) is 5.32 Å². The van der Waals surface area contributed by atoms with Crippen LogP contribution >= 0.6 is 0 Å². The number of benzene rings is 3. The molecule has 1 atom stereocenters. The second kappa shape index (κ2) is 10.8. The molecule has 158 valence electrons. The maximum atomic E-state index is 12.8. The maximum Gasteiger partial charge on any atom is 0.331 e. The van der Waals surface area contributed by atoms with Gasteiger partial charge in [0.2, 0.25) is 0 Å². The van der Waals surface area contributed by atoms with Gasteiger partial charge in [0.1, 0.15) is 5.75 Å². The summed E-state index contributed by atoms with van der Waals surface area (Å²) >= 11 is 0. The molecule has 0 bridgehead atoms. The van der Waals surface area contributed by atoms with Crippen LogP contribution in [0.25, 0.3) is 6.08 Å². The first kappa shape index (κ1) is 21.8. The summed E-state index contributed by atoms with van der Waals surface area (Å²) in [7, 11) is 1.58. The Labute approximate surface area is 182 Å². The van der Waals surface area contributed by atoms with Crippen LogP contribution in [0.4, 0.5) is 0 Å². The highest BCUT2D eigenvalue weighted by atomic mass is 16.5. The van der Waals surface area contributed by atoms with E-state index >= 15 is 0 Å². The minimum atomic E-state index is -0.947. The molecule has 0 saturated carbocycles. The molecule has 31 heavy (non-hydrogen) atoms. The third-order valence-corrected chi connectivity index (χ3v) is 4.72. The molecule has 1 N–H and O–H groups in total. The van der Waals surface area contributed by atoms with E-state index in [9.17, 15) is 9.59 Å². The molecule has 3 rings (SSSR count). The van der Waals surface area contributed by atoms with Crippen LogP contribution in [-0.4, -0.2) is 25.1 Å². The van der Waals surface area contributed by atoms with Gasteiger partial charge in [-0.15, -0.1) is 0 Å². The van der Waals surface area contributed by atoms with Crippen LogP contribution in [0, 0.1) is 0 Å². The van der Waals surface area contributed by atoms with Crippen LogP contribution in [0.2, 0.25) is 0 Å². The molecule has 0 spiro atoms. The van der Waals surface area contributed by atoms with Gasteiger partial charge in [0.15, 0.2) is 6.10 Å². The quantitative estimate of drug-likeness (QED) is 0.433. The molecule has 0 heterocycles. The van der Waals surface area contributed by atoms with Crippen LogP contribution in [0.1, 0.15) is 29.7 Å². The van der Waals surface area contributed by atoms with Gasteiger partial charge in [0.05, 0.1) is 13.2 Å². The van der Waals surface area contributed by atoms with Crippen molar-refractivity contribution in [2.24, 2.45) is 0 Å². The molecule has 0 aromatic heterocycles. The van der Waals surface area contributed by atoms with Gasteiger partial charge in [0, 0.05) is 6.08 Å². The van der Waals surface area contributed by atoms with Gasteiger partial charge in [0.25, 0.3) is 5.91 Å². The Kier molecular flexibility index (Phi) is 7.60. The highest BCUT2D eigenvalue weighted by Crippen LogP contribution is 2.22. The predicted molar refractivity (Wildman–Crippen MR) is 120 cm³/mol. The molecular formula is C26H25NO4. The van der Waals surface area contributed by atoms with Crippen LogP contribution in [0.15, 0.2) is 91.0 Å². The van der Waals surface area contributed by atoms with E-state index in [4.69, 9.17) is 9.47 Å². The molecular weight excluding hydrogens is 390 g/mol. The van der Waals surface area contributed by atoms with E-state index in [1.807, 2.05) is 78.9 Å². The van der Waals surface area contributed by atoms with Crippen molar-refractivity contribution in [3.63, 3.8) is 0 Å². The van der Waals surface area contributed by atoms with Crippen molar-refractivity contribution >= 4 is 18.0 Å². The minimum Gasteiger partial charge on any atom is -0.497 e. The Balaban J connectivity index is 1.65. The summed E-state index contributed by atoms with van der Waals surface area (Å²) in [4.78, 5) is 25.0. The summed E-state index contributed by atoms with van der Waals surface area (Å²) in [5, 5.41) is 2.99. The highest BCUT2D eigenvalue weighted by molar-refractivity contribution is 5.90. The molecule has 0 aliphatic carbocycles. The molecule has 0 fully saturated rings. The number of rotatable bonds is 8. The van der Waals surface area contributed by atoms with E-state index in [-0.39, 0.29) is 11.9 Å². The van der Waals surface area contributed by atoms with Gasteiger partial charge >= 0.3 is 5.97 Å². The fraction of sp³-hybridized carbons (Fsp3) is 0.154. The van der Waals surface area contributed by atoms with E-state index in [0.717, 1.165) is 16.7 Å². The molecule has 0 unspecified atom stereocenters. The Morgan fingerprint density at radius 2 is 1.48 bits per heavy atom. The summed E-state index contributed by atoms with van der Waals surface area (Å²) in [5.41, 5.74) is 2.68. The monoisotopic (exact) mass is 415 g/mol. The number of esters is 1. The Morgan fingerprint density at radius 3 is 2.06 bits per heavy atom. The molecule has 0 saturated heterocycles. The van der Waals surface area contributed by atoms with Crippen molar-refractivity contribution in [1.82, 2.24) is 5.32 Å². The lowest BCUT2D eigenvalue weighted by Crippen LogP contribution is -2.38. The molecule has 3 aromatic carbocycles. The third-order valence-electron chi connectivity index (χ3n) is 4.72. The molecule has 0 radical (unpaired) electrons. The Morgan fingerprint density at radius 1 is 0.871 bits per heavy atom. The van der Waals surface area contributed by atoms with Crippen LogP contribution in [-0.2, 0) is 14.3 Å². The van der Waals surface area contributed by atoms with Gasteiger partial charge in [-0.2, -0.15) is 0 Å². The summed E-state index contributed by atoms with van der Waals surface area (Å²) < 4.78 is 10.5. The molecule has 0 aliphatic heterocycles. The van der Waals surface area contributed by atoms with Crippen molar-refractivity contribution in [2.75, 3.05) is 7.11 Å². The van der Waals surface area contributed by atoms with Crippen molar-refractivity contribution in [3.8, 4) is 5.75 Å². The molecule has 5 heteroatoms. The minimum absolute atomic E-state index is 0.344. The normalized spacial score (nSPS) is 11.8. The van der Waals surface area contributed by atoms with Gasteiger partial charge in [-0.1, -0.05) is 72.8 Å². The van der Waals surface area contributed by atoms with E-state index in [0.29, 0.717) is 5.75 Å². The number of amides is 1. The average molecular weight is 415 g/mol. The van der Waals surface area contributed by atoms with E-state index < -0.39 is 12.1 Å². The fourth-order valence-corrected chi connectivity index (χ4v) is 3.09. The summed E-state index contributed by atoms with van der Waals surface area (Å²) in [6, 6.07) is 26.3. The van der Waals surface area contributed by atoms with Crippen molar-refractivity contribution in [2.45, 2.75) is 19.1 Å². The van der Waals surface area contributed by atoms with Gasteiger partial charge in [-0.05, 0) is 41.8 Å². The maximum absolute atomic E-state index is 12.8. The van der Waals surface area contributed by atoms with Crippen LogP contribution in [0.5, 0.6) is 5.75 Å². The van der Waals surface area contributed by atoms with Gasteiger partial charge < -0.3 is 14.8 Å². The molecule has 0 aliphatic rings. The fourth-order valence-electron chi connectivity index (χ4n) is 3.09. The first-order valence-corrected chi connectivity index (χ1v) is 10.00. The zero-order chi connectivity index (χ0) is 22.1. The lowest BCUT2D eigenvalue weighted by molar-refractivity contribution is -0.150. The van der Waals surface area contributed by atoms with Crippen molar-refractivity contribution in [1.29, 1.82) is 0 Å². The Bertz CT molecular complexity index is 992. The van der Waals surface area contributed by atoms with Gasteiger partial charge in [-0.3, -0.25) is 4.79 Å². The van der Waals surface area contributed by atoms with Crippen LogP contribution in [0.3, 0.4) is 0 Å². The number of carbonyl (C=O) groups excluding carboxylic acids is 2. The lowest BCUT2D eigenvalue weighted by atomic mass is 9.98. The number of hydrogen-bond acceptors (Lipinski definition) is 4. The number of ether oxygens (including phenoxy) is 2. The number of hydrogen-bond donors (Lipinski definition) is 1. The first-order chi connectivity index (χ1) is 15.1. The van der Waals surface area contributed by atoms with Crippen molar-refractivity contribution in [3.05, 3.63) is 108 Å². The summed E-state index contributed by atoms with van der Waals surface area (Å²) in [6.07, 6.45) is 1.97. The zero-order valence-electron chi connectivity index (χ0n) is 17.5. The third kappa shape index (κ3) is 6.31. The summed E-state index contributed by atoms with van der Waals surface area (Å²) in [5.74, 6) is -0.279. The first-order valence-electron chi connectivity index (χ1n) is 10.00. The Hall–Kier alpha value is -3.86. The number of methoxy groups -OCH3 is 1. The largest absolute Gasteiger partial charge is 0.497 e. The smallest absolute Gasteiger partial charge is 0.331 e. The zero-order valence-corrected chi connectivity index (χ0v) is 17.5. The molecule has 1 amide bonds. The predicted octanol–water partition coefficient (Wildman–Crippen LogP) is 4.55. The molecule has 3 aromatic rings. The lowest BCUT2D eigenvalue weighted by Gasteiger charge is -2.22. The number of carbonyl (C=O) groups is 2.